The highest BCUT2D eigenvalue weighted by molar-refractivity contribution is 5.97. The molecule has 102 valence electrons. The second-order valence-corrected chi connectivity index (χ2v) is 4.78. The summed E-state index contributed by atoms with van der Waals surface area (Å²) in [6.07, 6.45) is 0.924. The van der Waals surface area contributed by atoms with Crippen molar-refractivity contribution in [3.05, 3.63) is 60.2 Å². The summed E-state index contributed by atoms with van der Waals surface area (Å²) >= 11 is 0. The van der Waals surface area contributed by atoms with Crippen LogP contribution in [0.15, 0.2) is 59.7 Å². The van der Waals surface area contributed by atoms with E-state index in [0.717, 1.165) is 35.7 Å². The van der Waals surface area contributed by atoms with Crippen molar-refractivity contribution in [3.8, 4) is 0 Å². The normalized spacial score (nSPS) is 14.2. The SMILES string of the molecule is NCc1ccc(NC2=NN(c3ccccc3)CC2)cc1. The van der Waals surface area contributed by atoms with Gasteiger partial charge in [-0.15, -0.1) is 0 Å². The molecule has 2 aromatic carbocycles. The lowest BCUT2D eigenvalue weighted by molar-refractivity contribution is 0.922. The number of anilines is 2. The van der Waals surface area contributed by atoms with Crippen LogP contribution in [0.1, 0.15) is 12.0 Å². The number of benzene rings is 2. The highest BCUT2D eigenvalue weighted by Gasteiger charge is 2.15. The molecule has 0 aliphatic carbocycles. The molecule has 0 saturated heterocycles. The molecule has 2 aromatic rings. The van der Waals surface area contributed by atoms with Crippen molar-refractivity contribution >= 4 is 17.2 Å². The Morgan fingerprint density at radius 2 is 1.80 bits per heavy atom. The highest BCUT2D eigenvalue weighted by atomic mass is 15.5. The Kier molecular flexibility index (Phi) is 3.65. The van der Waals surface area contributed by atoms with Gasteiger partial charge in [-0.3, -0.25) is 5.01 Å². The van der Waals surface area contributed by atoms with Crippen molar-refractivity contribution in [2.24, 2.45) is 10.8 Å². The van der Waals surface area contributed by atoms with Crippen molar-refractivity contribution in [2.45, 2.75) is 13.0 Å². The molecule has 0 saturated carbocycles. The molecule has 0 fully saturated rings. The van der Waals surface area contributed by atoms with Crippen molar-refractivity contribution < 1.29 is 0 Å². The molecule has 1 aliphatic rings. The predicted octanol–water partition coefficient (Wildman–Crippen LogP) is 2.78. The second kappa shape index (κ2) is 5.75. The topological polar surface area (TPSA) is 53.6 Å². The van der Waals surface area contributed by atoms with Crippen molar-refractivity contribution in [3.63, 3.8) is 0 Å². The fourth-order valence-corrected chi connectivity index (χ4v) is 2.22. The van der Waals surface area contributed by atoms with Crippen molar-refractivity contribution in [1.29, 1.82) is 0 Å². The fraction of sp³-hybridized carbons (Fsp3) is 0.188. The van der Waals surface area contributed by atoms with Crippen LogP contribution < -0.4 is 16.1 Å². The molecule has 0 unspecified atom stereocenters. The third-order valence-electron chi connectivity index (χ3n) is 3.33. The quantitative estimate of drug-likeness (QED) is 0.898. The van der Waals surface area contributed by atoms with Crippen LogP contribution in [0.5, 0.6) is 0 Å². The van der Waals surface area contributed by atoms with Crippen LogP contribution in [-0.2, 0) is 6.54 Å². The van der Waals surface area contributed by atoms with E-state index in [1.165, 1.54) is 0 Å². The second-order valence-electron chi connectivity index (χ2n) is 4.78. The summed E-state index contributed by atoms with van der Waals surface area (Å²) in [6, 6.07) is 18.4. The average molecular weight is 266 g/mol. The van der Waals surface area contributed by atoms with Gasteiger partial charge in [0.1, 0.15) is 5.84 Å². The minimum Gasteiger partial charge on any atom is -0.342 e. The maximum absolute atomic E-state index is 5.60. The molecule has 1 aliphatic heterocycles. The molecule has 3 rings (SSSR count). The number of para-hydroxylation sites is 1. The van der Waals surface area contributed by atoms with Crippen LogP contribution in [0.25, 0.3) is 0 Å². The molecular weight excluding hydrogens is 248 g/mol. The fourth-order valence-electron chi connectivity index (χ4n) is 2.22. The zero-order valence-corrected chi connectivity index (χ0v) is 11.3. The van der Waals surface area contributed by atoms with Crippen LogP contribution in [0.4, 0.5) is 11.4 Å². The molecule has 0 radical (unpaired) electrons. The van der Waals surface area contributed by atoms with Gasteiger partial charge in [-0.1, -0.05) is 30.3 Å². The molecular formula is C16H18N4. The van der Waals surface area contributed by atoms with Crippen LogP contribution in [-0.4, -0.2) is 12.4 Å². The van der Waals surface area contributed by atoms with Gasteiger partial charge >= 0.3 is 0 Å². The maximum Gasteiger partial charge on any atom is 0.129 e. The summed E-state index contributed by atoms with van der Waals surface area (Å²) in [7, 11) is 0. The van der Waals surface area contributed by atoms with E-state index >= 15 is 0 Å². The first-order valence-electron chi connectivity index (χ1n) is 6.81. The third kappa shape index (κ3) is 2.81. The number of rotatable bonds is 3. The lowest BCUT2D eigenvalue weighted by atomic mass is 10.2. The number of nitrogens with zero attached hydrogens (tertiary/aromatic N) is 2. The van der Waals surface area contributed by atoms with E-state index in [-0.39, 0.29) is 0 Å². The first kappa shape index (κ1) is 12.7. The Morgan fingerprint density at radius 3 is 2.50 bits per heavy atom. The standard InChI is InChI=1S/C16H18N4/c17-12-13-6-8-14(9-7-13)18-16-10-11-20(19-16)15-4-2-1-3-5-15/h1-9H,10-12,17H2,(H,18,19). The van der Waals surface area contributed by atoms with E-state index in [9.17, 15) is 0 Å². The van der Waals surface area contributed by atoms with E-state index in [2.05, 4.69) is 22.6 Å². The monoisotopic (exact) mass is 266 g/mol. The molecule has 4 heteroatoms. The zero-order valence-electron chi connectivity index (χ0n) is 11.3. The van der Waals surface area contributed by atoms with Gasteiger partial charge in [-0.05, 0) is 29.8 Å². The number of nitrogens with two attached hydrogens (primary N) is 1. The van der Waals surface area contributed by atoms with E-state index in [4.69, 9.17) is 5.73 Å². The summed E-state index contributed by atoms with van der Waals surface area (Å²) in [5, 5.41) is 9.99. The van der Waals surface area contributed by atoms with Gasteiger partial charge in [0, 0.05) is 25.2 Å². The number of hydrogen-bond acceptors (Lipinski definition) is 4. The van der Waals surface area contributed by atoms with Gasteiger partial charge in [0.05, 0.1) is 5.69 Å². The number of nitrogens with one attached hydrogen (secondary N) is 1. The van der Waals surface area contributed by atoms with Crippen LogP contribution in [0.2, 0.25) is 0 Å². The van der Waals surface area contributed by atoms with Crippen molar-refractivity contribution in [2.75, 3.05) is 16.9 Å². The minimum absolute atomic E-state index is 0.572. The third-order valence-corrected chi connectivity index (χ3v) is 3.33. The largest absolute Gasteiger partial charge is 0.342 e. The Hall–Kier alpha value is -2.33. The lowest BCUT2D eigenvalue weighted by Crippen LogP contribution is -2.11. The van der Waals surface area contributed by atoms with Crippen LogP contribution in [0.3, 0.4) is 0 Å². The first-order valence-corrected chi connectivity index (χ1v) is 6.81. The number of hydrogen-bond donors (Lipinski definition) is 2. The Morgan fingerprint density at radius 1 is 1.05 bits per heavy atom. The minimum atomic E-state index is 0.572. The molecule has 1 heterocycles. The van der Waals surface area contributed by atoms with E-state index < -0.39 is 0 Å². The van der Waals surface area contributed by atoms with Gasteiger partial charge in [-0.2, -0.15) is 5.10 Å². The lowest BCUT2D eigenvalue weighted by Gasteiger charge is -2.12. The van der Waals surface area contributed by atoms with Gasteiger partial charge in [-0.25, -0.2) is 0 Å². The van der Waals surface area contributed by atoms with E-state index in [0.29, 0.717) is 6.54 Å². The van der Waals surface area contributed by atoms with Crippen molar-refractivity contribution in [1.82, 2.24) is 0 Å². The van der Waals surface area contributed by atoms with Gasteiger partial charge in [0.2, 0.25) is 0 Å². The van der Waals surface area contributed by atoms with Crippen LogP contribution in [0, 0.1) is 0 Å². The summed E-state index contributed by atoms with van der Waals surface area (Å²) in [5.41, 5.74) is 8.91. The molecule has 0 bridgehead atoms. The smallest absolute Gasteiger partial charge is 0.129 e. The number of amidine groups is 1. The maximum atomic E-state index is 5.60. The molecule has 20 heavy (non-hydrogen) atoms. The molecule has 0 spiro atoms. The van der Waals surface area contributed by atoms with E-state index in [1.54, 1.807) is 0 Å². The van der Waals surface area contributed by atoms with Gasteiger partial charge in [0.25, 0.3) is 0 Å². The number of hydrazone groups is 1. The zero-order chi connectivity index (χ0) is 13.8. The summed E-state index contributed by atoms with van der Waals surface area (Å²) in [5.74, 6) is 0.995. The Balaban J connectivity index is 1.69. The van der Waals surface area contributed by atoms with E-state index in [1.807, 2.05) is 47.5 Å². The molecule has 0 aromatic heterocycles. The summed E-state index contributed by atoms with van der Waals surface area (Å²) in [6.45, 7) is 1.48. The molecule has 0 atom stereocenters. The Bertz CT molecular complexity index is 590. The predicted molar refractivity (Wildman–Crippen MR) is 83.8 cm³/mol. The van der Waals surface area contributed by atoms with Gasteiger partial charge in [0.15, 0.2) is 0 Å². The van der Waals surface area contributed by atoms with Crippen LogP contribution >= 0.6 is 0 Å². The summed E-state index contributed by atoms with van der Waals surface area (Å²) < 4.78 is 0. The average Bonchev–Trinajstić information content (AvgIpc) is 2.97. The summed E-state index contributed by atoms with van der Waals surface area (Å²) in [4.78, 5) is 0. The van der Waals surface area contributed by atoms with Gasteiger partial charge < -0.3 is 11.1 Å². The molecule has 3 N–H and O–H groups in total. The molecule has 0 amide bonds. The molecule has 4 nitrogen and oxygen atoms in total. The first-order chi connectivity index (χ1) is 9.85. The Labute approximate surface area is 118 Å². The highest BCUT2D eigenvalue weighted by Crippen LogP contribution is 2.19.